The number of nitrogens with zero attached hydrogens (tertiary/aromatic N) is 2. The number of rotatable bonds is 22. The van der Waals surface area contributed by atoms with Gasteiger partial charge in [-0.1, -0.05) is 55.7 Å². The lowest BCUT2D eigenvalue weighted by Gasteiger charge is -2.24. The Morgan fingerprint density at radius 1 is 1.00 bits per heavy atom. The van der Waals surface area contributed by atoms with Crippen molar-refractivity contribution in [2.24, 2.45) is 0 Å². The predicted molar refractivity (Wildman–Crippen MR) is 139 cm³/mol. The van der Waals surface area contributed by atoms with Crippen LogP contribution in [0, 0.1) is 0 Å². The second kappa shape index (κ2) is 18.4. The molecule has 0 saturated heterocycles. The van der Waals surface area contributed by atoms with Crippen LogP contribution in [0.2, 0.25) is 6.04 Å². The van der Waals surface area contributed by atoms with Crippen LogP contribution in [0.1, 0.15) is 71.1 Å². The molecule has 0 radical (unpaired) electrons. The van der Waals surface area contributed by atoms with Crippen molar-refractivity contribution in [3.8, 4) is 0 Å². The Morgan fingerprint density at radius 2 is 1.68 bits per heavy atom. The van der Waals surface area contributed by atoms with E-state index < -0.39 is 14.9 Å². The third-order valence-electron chi connectivity index (χ3n) is 5.40. The summed E-state index contributed by atoms with van der Waals surface area (Å²) >= 11 is 2.90. The van der Waals surface area contributed by atoms with E-state index in [0.717, 1.165) is 17.2 Å². The van der Waals surface area contributed by atoms with Crippen LogP contribution < -0.4 is 5.32 Å². The molecule has 196 valence electrons. The van der Waals surface area contributed by atoms with E-state index in [-0.39, 0.29) is 18.7 Å². The van der Waals surface area contributed by atoms with Gasteiger partial charge in [0.05, 0.1) is 6.10 Å². The molecule has 1 unspecified atom stereocenters. The van der Waals surface area contributed by atoms with Crippen LogP contribution in [-0.2, 0) is 22.9 Å². The highest BCUT2D eigenvalue weighted by atomic mass is 32.2. The van der Waals surface area contributed by atoms with Crippen LogP contribution in [0.15, 0.2) is 4.34 Å². The van der Waals surface area contributed by atoms with E-state index in [0.29, 0.717) is 48.4 Å². The fourth-order valence-corrected chi connectivity index (χ4v) is 6.87. The second-order valence-corrected chi connectivity index (χ2v) is 13.5. The lowest BCUT2D eigenvalue weighted by atomic mass is 10.1. The smallest absolute Gasteiger partial charge is 0.391 e. The zero-order chi connectivity index (χ0) is 25.2. The number of Topliss-reactive ketones (excluding diaryl/α,β-unsaturated/α-hetero) is 2. The van der Waals surface area contributed by atoms with Crippen molar-refractivity contribution in [1.29, 1.82) is 0 Å². The summed E-state index contributed by atoms with van der Waals surface area (Å²) in [6, 6.07) is 0.548. The summed E-state index contributed by atoms with van der Waals surface area (Å²) in [5.74, 6) is 0.974. The molecule has 1 heterocycles. The van der Waals surface area contributed by atoms with Crippen molar-refractivity contribution >= 4 is 48.6 Å². The van der Waals surface area contributed by atoms with E-state index in [1.54, 1.807) is 21.3 Å². The van der Waals surface area contributed by atoms with E-state index in [9.17, 15) is 14.7 Å². The van der Waals surface area contributed by atoms with E-state index in [1.165, 1.54) is 42.4 Å². The van der Waals surface area contributed by atoms with Gasteiger partial charge in [0.1, 0.15) is 11.6 Å². The minimum Gasteiger partial charge on any atom is -0.391 e. The maximum absolute atomic E-state index is 12.2. The van der Waals surface area contributed by atoms with Crippen molar-refractivity contribution in [3.05, 3.63) is 0 Å². The number of unbranched alkanes of at least 4 members (excludes halogenated alkanes) is 4. The van der Waals surface area contributed by atoms with Crippen molar-refractivity contribution < 1.29 is 28.0 Å². The summed E-state index contributed by atoms with van der Waals surface area (Å²) in [5.41, 5.74) is 0. The molecule has 9 nitrogen and oxygen atoms in total. The lowest BCUT2D eigenvalue weighted by Crippen LogP contribution is -2.42. The molecule has 0 spiro atoms. The van der Waals surface area contributed by atoms with Crippen molar-refractivity contribution in [3.63, 3.8) is 0 Å². The van der Waals surface area contributed by atoms with Crippen LogP contribution in [0.25, 0.3) is 0 Å². The minimum atomic E-state index is -2.67. The number of hydrogen-bond donors (Lipinski definition) is 2. The third-order valence-corrected chi connectivity index (χ3v) is 10.2. The Hall–Kier alpha value is -0.893. The molecule has 0 amide bonds. The summed E-state index contributed by atoms with van der Waals surface area (Å²) in [6.07, 6.45) is 7.16. The minimum absolute atomic E-state index is 0.0240. The molecule has 0 bridgehead atoms. The molecular formula is C22H41N3O6S2Si. The van der Waals surface area contributed by atoms with Gasteiger partial charge in [0.15, 0.2) is 4.34 Å². The molecule has 1 aromatic heterocycles. The molecule has 0 aliphatic carbocycles. The van der Waals surface area contributed by atoms with Gasteiger partial charge in [-0.15, -0.1) is 10.2 Å². The number of anilines is 1. The largest absolute Gasteiger partial charge is 0.500 e. The van der Waals surface area contributed by atoms with Gasteiger partial charge in [0.2, 0.25) is 5.13 Å². The number of carbonyl (C=O) groups excluding carboxylic acids is 2. The van der Waals surface area contributed by atoms with E-state index >= 15 is 0 Å². The van der Waals surface area contributed by atoms with Gasteiger partial charge < -0.3 is 23.7 Å². The van der Waals surface area contributed by atoms with Gasteiger partial charge in [-0.25, -0.2) is 0 Å². The number of thioether (sulfide) groups is 1. The molecule has 0 fully saturated rings. The zero-order valence-corrected chi connectivity index (χ0v) is 23.6. The zero-order valence-electron chi connectivity index (χ0n) is 21.0. The summed E-state index contributed by atoms with van der Waals surface area (Å²) in [4.78, 5) is 24.1. The van der Waals surface area contributed by atoms with Crippen molar-refractivity contribution in [2.45, 2.75) is 87.6 Å². The number of hydrogen-bond acceptors (Lipinski definition) is 11. The Labute approximate surface area is 213 Å². The molecule has 0 aliphatic rings. The molecule has 1 rings (SSSR count). The molecule has 1 atom stereocenters. The maximum atomic E-state index is 12.2. The van der Waals surface area contributed by atoms with Crippen LogP contribution in [0.4, 0.5) is 5.13 Å². The molecule has 34 heavy (non-hydrogen) atoms. The van der Waals surface area contributed by atoms with Crippen LogP contribution in [0.3, 0.4) is 0 Å². The normalized spacial score (nSPS) is 12.6. The first-order chi connectivity index (χ1) is 16.4. The monoisotopic (exact) mass is 535 g/mol. The first kappa shape index (κ1) is 31.1. The average Bonchev–Trinajstić information content (AvgIpc) is 3.28. The van der Waals surface area contributed by atoms with Crippen LogP contribution >= 0.6 is 23.1 Å². The molecule has 1 aromatic rings. The summed E-state index contributed by atoms with van der Waals surface area (Å²) in [7, 11) is 1.97. The molecular weight excluding hydrogens is 494 g/mol. The van der Waals surface area contributed by atoms with Crippen molar-refractivity contribution in [1.82, 2.24) is 10.2 Å². The van der Waals surface area contributed by atoms with Gasteiger partial charge in [0, 0.05) is 65.4 Å². The topological polar surface area (TPSA) is 120 Å². The van der Waals surface area contributed by atoms with Gasteiger partial charge >= 0.3 is 8.80 Å². The fraction of sp³-hybridized carbons (Fsp3) is 0.818. The van der Waals surface area contributed by atoms with Gasteiger partial charge in [0.25, 0.3) is 0 Å². The number of aliphatic hydroxyl groups excluding tert-OH is 1. The Balaban J connectivity index is 2.20. The number of nitrogens with one attached hydrogen (secondary N) is 1. The van der Waals surface area contributed by atoms with Crippen LogP contribution in [-0.4, -0.2) is 75.4 Å². The van der Waals surface area contributed by atoms with Crippen LogP contribution in [0.5, 0.6) is 0 Å². The quantitative estimate of drug-likeness (QED) is 0.126. The van der Waals surface area contributed by atoms with Crippen molar-refractivity contribution in [2.75, 3.05) is 38.9 Å². The first-order valence-electron chi connectivity index (χ1n) is 11.9. The third kappa shape index (κ3) is 13.3. The maximum Gasteiger partial charge on any atom is 0.500 e. The first-order valence-corrected chi connectivity index (χ1v) is 15.7. The summed E-state index contributed by atoms with van der Waals surface area (Å²) < 4.78 is 16.8. The highest BCUT2D eigenvalue weighted by Crippen LogP contribution is 2.26. The van der Waals surface area contributed by atoms with Gasteiger partial charge in [-0.3, -0.25) is 9.59 Å². The molecule has 0 saturated carbocycles. The second-order valence-electron chi connectivity index (χ2n) is 8.10. The summed E-state index contributed by atoms with van der Waals surface area (Å²) in [5, 5.41) is 22.0. The summed E-state index contributed by atoms with van der Waals surface area (Å²) in [6.45, 7) is 2.40. The Morgan fingerprint density at radius 3 is 2.35 bits per heavy atom. The Bertz CT molecular complexity index is 698. The lowest BCUT2D eigenvalue weighted by molar-refractivity contribution is -0.121. The van der Waals surface area contributed by atoms with E-state index in [1.807, 2.05) is 0 Å². The predicted octanol–water partition coefficient (Wildman–Crippen LogP) is 4.34. The molecule has 0 aromatic carbocycles. The van der Waals surface area contributed by atoms with Gasteiger partial charge in [-0.05, 0) is 12.8 Å². The van der Waals surface area contributed by atoms with E-state index in [4.69, 9.17) is 13.3 Å². The highest BCUT2D eigenvalue weighted by Gasteiger charge is 2.37. The number of aliphatic hydroxyl groups is 1. The number of aromatic nitrogens is 2. The van der Waals surface area contributed by atoms with Gasteiger partial charge in [-0.2, -0.15) is 0 Å². The molecule has 0 aliphatic heterocycles. The SMILES string of the molecule is CCCCCCCC(=O)CCSc1nnc(NCC(O)CC(=O)CCC[Si](OC)(OC)OC)s1. The van der Waals surface area contributed by atoms with E-state index in [2.05, 4.69) is 22.4 Å². The highest BCUT2D eigenvalue weighted by molar-refractivity contribution is 8.01. The fourth-order valence-electron chi connectivity index (χ4n) is 3.34. The average molecular weight is 536 g/mol. The number of carbonyl (C=O) groups is 2. The molecule has 2 N–H and O–H groups in total. The molecule has 12 heteroatoms. The number of ketones is 2. The standard InChI is InChI=1S/C22H41N3O6S2Si/c1-5-6-7-8-9-11-18(26)13-14-32-22-25-24-21(33-22)23-17-20(28)16-19(27)12-10-15-34(29-2,30-3)31-4/h20,28H,5-17H2,1-4H3,(H,23,24). The Kier molecular flexibility index (Phi) is 16.8.